The molecule has 182 valence electrons. The number of carbonyl (C=O) groups is 1. The van der Waals surface area contributed by atoms with Gasteiger partial charge in [-0.15, -0.1) is 6.58 Å². The molecule has 0 spiro atoms. The number of hydrogen-bond acceptors (Lipinski definition) is 5. The molecule has 0 radical (unpaired) electrons. The highest BCUT2D eigenvalue weighted by Gasteiger charge is 2.30. The van der Waals surface area contributed by atoms with Gasteiger partial charge in [0.05, 0.1) is 24.6 Å². The average molecular weight is 474 g/mol. The minimum absolute atomic E-state index is 0.132. The highest BCUT2D eigenvalue weighted by Crippen LogP contribution is 2.29. The van der Waals surface area contributed by atoms with Crippen LogP contribution in [-0.2, 0) is 11.3 Å². The fourth-order valence-corrected chi connectivity index (χ4v) is 4.83. The van der Waals surface area contributed by atoms with Crippen molar-refractivity contribution in [3.63, 3.8) is 0 Å². The largest absolute Gasteiger partial charge is 0.378 e. The third-order valence-corrected chi connectivity index (χ3v) is 6.57. The van der Waals surface area contributed by atoms with Gasteiger partial charge in [-0.25, -0.2) is 4.79 Å². The Morgan fingerprint density at radius 3 is 2.40 bits per heavy atom. The fraction of sp³-hybridized carbons (Fsp3) is 0.333. The lowest BCUT2D eigenvalue weighted by Gasteiger charge is -2.29. The van der Waals surface area contributed by atoms with Gasteiger partial charge in [-0.1, -0.05) is 42.5 Å². The number of rotatable bonds is 6. The molecule has 2 aliphatic rings. The van der Waals surface area contributed by atoms with Gasteiger partial charge in [0.2, 0.25) is 0 Å². The number of morpholine rings is 1. The van der Waals surface area contributed by atoms with E-state index in [2.05, 4.69) is 22.9 Å². The second kappa shape index (κ2) is 10.3. The van der Waals surface area contributed by atoms with Crippen molar-refractivity contribution < 1.29 is 9.53 Å². The SMILES string of the molecule is C=CCn1c(C(=O)N2CCNCC2)c(-c2ccccc2)n(-c2cccc(N3CCOCC3)c2)c1=O. The highest BCUT2D eigenvalue weighted by atomic mass is 16.5. The van der Waals surface area contributed by atoms with E-state index >= 15 is 0 Å². The molecule has 0 atom stereocenters. The number of imidazole rings is 1. The summed E-state index contributed by atoms with van der Waals surface area (Å²) in [4.78, 5) is 31.9. The first-order valence-electron chi connectivity index (χ1n) is 12.1. The lowest BCUT2D eigenvalue weighted by atomic mass is 10.1. The Labute approximate surface area is 205 Å². The predicted octanol–water partition coefficient (Wildman–Crippen LogP) is 2.37. The minimum atomic E-state index is -0.249. The summed E-state index contributed by atoms with van der Waals surface area (Å²) in [5.41, 5.74) is 3.35. The maximum atomic E-state index is 13.9. The number of amides is 1. The summed E-state index contributed by atoms with van der Waals surface area (Å²) in [6.45, 7) is 9.74. The molecule has 0 saturated carbocycles. The Morgan fingerprint density at radius 2 is 1.69 bits per heavy atom. The van der Waals surface area contributed by atoms with Gasteiger partial charge in [0, 0.05) is 57.1 Å². The van der Waals surface area contributed by atoms with Crippen LogP contribution in [0.3, 0.4) is 0 Å². The van der Waals surface area contributed by atoms with Crippen LogP contribution in [-0.4, -0.2) is 72.4 Å². The van der Waals surface area contributed by atoms with Gasteiger partial charge in [0.25, 0.3) is 5.91 Å². The molecular formula is C27H31N5O3. The molecule has 2 fully saturated rings. The Hall–Kier alpha value is -3.62. The number of benzene rings is 2. The molecule has 1 amide bonds. The van der Waals surface area contributed by atoms with Crippen molar-refractivity contribution in [2.75, 3.05) is 57.4 Å². The summed E-state index contributed by atoms with van der Waals surface area (Å²) in [6, 6.07) is 17.7. The summed E-state index contributed by atoms with van der Waals surface area (Å²) in [7, 11) is 0. The lowest BCUT2D eigenvalue weighted by molar-refractivity contribution is 0.0726. The van der Waals surface area contributed by atoms with Gasteiger partial charge < -0.3 is 19.9 Å². The van der Waals surface area contributed by atoms with Crippen LogP contribution in [0.2, 0.25) is 0 Å². The molecule has 2 saturated heterocycles. The molecule has 2 aliphatic heterocycles. The Morgan fingerprint density at radius 1 is 0.971 bits per heavy atom. The molecule has 3 aromatic rings. The number of carbonyl (C=O) groups excluding carboxylic acids is 1. The molecule has 8 heteroatoms. The maximum absolute atomic E-state index is 13.9. The van der Waals surface area contributed by atoms with E-state index < -0.39 is 0 Å². The van der Waals surface area contributed by atoms with E-state index in [1.165, 1.54) is 0 Å². The summed E-state index contributed by atoms with van der Waals surface area (Å²) in [5, 5.41) is 3.29. The van der Waals surface area contributed by atoms with Crippen molar-refractivity contribution in [2.45, 2.75) is 6.54 Å². The van der Waals surface area contributed by atoms with Crippen LogP contribution in [0.25, 0.3) is 16.9 Å². The van der Waals surface area contributed by atoms with Crippen LogP contribution in [0.4, 0.5) is 5.69 Å². The van der Waals surface area contributed by atoms with Crippen LogP contribution in [0.1, 0.15) is 10.5 Å². The van der Waals surface area contributed by atoms with Gasteiger partial charge in [-0.3, -0.25) is 13.9 Å². The topological polar surface area (TPSA) is 71.7 Å². The molecule has 35 heavy (non-hydrogen) atoms. The van der Waals surface area contributed by atoms with E-state index in [4.69, 9.17) is 4.74 Å². The van der Waals surface area contributed by atoms with E-state index in [0.29, 0.717) is 37.7 Å². The molecule has 5 rings (SSSR count). The Kier molecular flexibility index (Phi) is 6.83. The third-order valence-electron chi connectivity index (χ3n) is 6.57. The number of nitrogens with one attached hydrogen (secondary N) is 1. The zero-order chi connectivity index (χ0) is 24.2. The van der Waals surface area contributed by atoms with Crippen LogP contribution < -0.4 is 15.9 Å². The van der Waals surface area contributed by atoms with Crippen molar-refractivity contribution in [2.24, 2.45) is 0 Å². The van der Waals surface area contributed by atoms with E-state index in [1.807, 2.05) is 53.4 Å². The quantitative estimate of drug-likeness (QED) is 0.557. The normalized spacial score (nSPS) is 16.3. The first kappa shape index (κ1) is 23.1. The van der Waals surface area contributed by atoms with E-state index in [-0.39, 0.29) is 18.1 Å². The van der Waals surface area contributed by atoms with E-state index in [1.54, 1.807) is 15.2 Å². The molecule has 8 nitrogen and oxygen atoms in total. The van der Waals surface area contributed by atoms with Crippen LogP contribution in [0.15, 0.2) is 72.0 Å². The van der Waals surface area contributed by atoms with Crippen molar-refractivity contribution >= 4 is 11.6 Å². The summed E-state index contributed by atoms with van der Waals surface area (Å²) in [5.74, 6) is -0.132. The summed E-state index contributed by atoms with van der Waals surface area (Å²) in [6.07, 6.45) is 1.67. The van der Waals surface area contributed by atoms with Gasteiger partial charge >= 0.3 is 5.69 Å². The Bertz CT molecular complexity index is 1250. The summed E-state index contributed by atoms with van der Waals surface area (Å²) < 4.78 is 8.74. The summed E-state index contributed by atoms with van der Waals surface area (Å²) >= 11 is 0. The minimum Gasteiger partial charge on any atom is -0.378 e. The Balaban J connectivity index is 1.71. The van der Waals surface area contributed by atoms with Crippen molar-refractivity contribution in [1.82, 2.24) is 19.4 Å². The number of aromatic nitrogens is 2. The highest BCUT2D eigenvalue weighted by molar-refractivity contribution is 5.99. The van der Waals surface area contributed by atoms with Gasteiger partial charge in [0.15, 0.2) is 0 Å². The predicted molar refractivity (Wildman–Crippen MR) is 137 cm³/mol. The molecule has 0 unspecified atom stereocenters. The van der Waals surface area contributed by atoms with Crippen molar-refractivity contribution in [3.8, 4) is 16.9 Å². The van der Waals surface area contributed by atoms with Gasteiger partial charge in [-0.05, 0) is 18.2 Å². The molecule has 2 aromatic carbocycles. The van der Waals surface area contributed by atoms with E-state index in [9.17, 15) is 9.59 Å². The average Bonchev–Trinajstić information content (AvgIpc) is 3.22. The fourth-order valence-electron chi connectivity index (χ4n) is 4.83. The third kappa shape index (κ3) is 4.54. The van der Waals surface area contributed by atoms with Crippen molar-refractivity contribution in [1.29, 1.82) is 0 Å². The number of hydrogen-bond donors (Lipinski definition) is 1. The molecular weight excluding hydrogens is 442 g/mol. The number of nitrogens with zero attached hydrogens (tertiary/aromatic N) is 4. The second-order valence-electron chi connectivity index (χ2n) is 8.74. The van der Waals surface area contributed by atoms with E-state index in [0.717, 1.165) is 43.1 Å². The van der Waals surface area contributed by atoms with Crippen LogP contribution in [0.5, 0.6) is 0 Å². The molecule has 0 bridgehead atoms. The van der Waals surface area contributed by atoms with Crippen LogP contribution in [0, 0.1) is 0 Å². The number of anilines is 1. The number of allylic oxidation sites excluding steroid dienone is 1. The number of ether oxygens (including phenoxy) is 1. The zero-order valence-corrected chi connectivity index (χ0v) is 19.9. The number of piperazine rings is 1. The molecule has 0 aliphatic carbocycles. The first-order chi connectivity index (χ1) is 17.2. The monoisotopic (exact) mass is 473 g/mol. The molecule has 1 N–H and O–H groups in total. The van der Waals surface area contributed by atoms with Crippen molar-refractivity contribution in [3.05, 3.63) is 83.4 Å². The zero-order valence-electron chi connectivity index (χ0n) is 19.9. The lowest BCUT2D eigenvalue weighted by Crippen LogP contribution is -2.47. The smallest absolute Gasteiger partial charge is 0.334 e. The van der Waals surface area contributed by atoms with Gasteiger partial charge in [-0.2, -0.15) is 0 Å². The second-order valence-corrected chi connectivity index (χ2v) is 8.74. The molecule has 1 aromatic heterocycles. The first-order valence-corrected chi connectivity index (χ1v) is 12.1. The standard InChI is InChI=1S/C27H31N5O3/c1-2-13-31-25(26(33)30-14-11-28-12-15-30)24(21-7-4-3-5-8-21)32(27(31)34)23-10-6-9-22(20-23)29-16-18-35-19-17-29/h2-10,20,28H,1,11-19H2. The van der Waals surface area contributed by atoms with Crippen LogP contribution >= 0.6 is 0 Å². The maximum Gasteiger partial charge on any atom is 0.334 e. The van der Waals surface area contributed by atoms with Gasteiger partial charge in [0.1, 0.15) is 5.69 Å². The molecule has 3 heterocycles.